The molecule has 2 amide bonds. The molecule has 2 N–H and O–H groups in total. The van der Waals surface area contributed by atoms with Crippen molar-refractivity contribution in [1.82, 2.24) is 10.6 Å². The maximum Gasteiger partial charge on any atom is 2.00 e. The molecule has 0 atom stereocenters. The molecule has 0 bridgehead atoms. The molecule has 2 aromatic rings. The van der Waals surface area contributed by atoms with Crippen LogP contribution in [0.15, 0.2) is 48.5 Å². The predicted octanol–water partition coefficient (Wildman–Crippen LogP) is 0.355. The maximum absolute atomic E-state index is 10.7. The van der Waals surface area contributed by atoms with Gasteiger partial charge in [-0.25, -0.2) is 16.8 Å². The first kappa shape index (κ1) is 31.5. The third-order valence-corrected chi connectivity index (χ3v) is 5.29. The van der Waals surface area contributed by atoms with Crippen molar-refractivity contribution in [3.63, 3.8) is 0 Å². The van der Waals surface area contributed by atoms with Gasteiger partial charge in [-0.1, -0.05) is 48.5 Å². The van der Waals surface area contributed by atoms with Gasteiger partial charge in [-0.2, -0.15) is 0 Å². The van der Waals surface area contributed by atoms with E-state index in [4.69, 9.17) is 0 Å². The Bertz CT molecular complexity index is 1060. The van der Waals surface area contributed by atoms with E-state index in [0.717, 1.165) is 0 Å². The number of carbonyl (C=O) groups is 2. The van der Waals surface area contributed by atoms with Gasteiger partial charge < -0.3 is 19.7 Å². The molecular formula is C20H24CaN2O8S2. The van der Waals surface area contributed by atoms with Gasteiger partial charge in [0.05, 0.1) is 31.7 Å². The molecule has 0 radical (unpaired) electrons. The van der Waals surface area contributed by atoms with Crippen LogP contribution < -0.4 is 10.6 Å². The van der Waals surface area contributed by atoms with E-state index in [1.807, 2.05) is 0 Å². The zero-order chi connectivity index (χ0) is 24.4. The molecule has 0 fully saturated rings. The van der Waals surface area contributed by atoms with Crippen LogP contribution in [0.25, 0.3) is 0 Å². The van der Waals surface area contributed by atoms with Crippen molar-refractivity contribution in [3.8, 4) is 0 Å². The second kappa shape index (κ2) is 14.7. The Balaban J connectivity index is 0.000000602. The molecule has 2 rings (SSSR count). The Morgan fingerprint density at radius 3 is 1.18 bits per heavy atom. The second-order valence-corrected chi connectivity index (χ2v) is 9.57. The largest absolute Gasteiger partial charge is 2.00 e. The number of rotatable bonds is 8. The van der Waals surface area contributed by atoms with Gasteiger partial charge in [0.1, 0.15) is 0 Å². The Morgan fingerprint density at radius 1 is 0.667 bits per heavy atom. The molecule has 10 nitrogen and oxygen atoms in total. The summed E-state index contributed by atoms with van der Waals surface area (Å²) in [7, 11) is -8.60. The van der Waals surface area contributed by atoms with Crippen molar-refractivity contribution < 1.29 is 35.5 Å². The molecule has 0 aliphatic rings. The first-order valence-electron chi connectivity index (χ1n) is 9.26. The molecule has 33 heavy (non-hydrogen) atoms. The summed E-state index contributed by atoms with van der Waals surface area (Å²) in [5.41, 5.74) is 2.12. The van der Waals surface area contributed by atoms with Gasteiger partial charge in [0, 0.05) is 26.9 Å². The van der Waals surface area contributed by atoms with Crippen molar-refractivity contribution in [2.24, 2.45) is 0 Å². The average molecular weight is 525 g/mol. The Hall–Kier alpha value is -1.54. The van der Waals surface area contributed by atoms with Crippen molar-refractivity contribution in [3.05, 3.63) is 70.8 Å². The van der Waals surface area contributed by atoms with Gasteiger partial charge in [-0.05, 0) is 22.3 Å². The van der Waals surface area contributed by atoms with Crippen LogP contribution in [0, 0.1) is 0 Å². The maximum atomic E-state index is 10.7. The summed E-state index contributed by atoms with van der Waals surface area (Å²) in [5, 5.41) is 5.10. The monoisotopic (exact) mass is 524 g/mol. The molecule has 176 valence electrons. The van der Waals surface area contributed by atoms with E-state index in [0.29, 0.717) is 22.3 Å². The van der Waals surface area contributed by atoms with Crippen LogP contribution in [0.5, 0.6) is 0 Å². The van der Waals surface area contributed by atoms with Crippen molar-refractivity contribution in [2.45, 2.75) is 38.4 Å². The molecule has 0 heterocycles. The summed E-state index contributed by atoms with van der Waals surface area (Å²) in [4.78, 5) is 21.4. The van der Waals surface area contributed by atoms with E-state index >= 15 is 0 Å². The van der Waals surface area contributed by atoms with Gasteiger partial charge in [0.2, 0.25) is 11.8 Å². The molecule has 0 aliphatic heterocycles. The van der Waals surface area contributed by atoms with E-state index in [1.54, 1.807) is 48.5 Å². The number of amides is 2. The quantitative estimate of drug-likeness (QED) is 0.368. The van der Waals surface area contributed by atoms with Gasteiger partial charge in [0.15, 0.2) is 0 Å². The van der Waals surface area contributed by atoms with E-state index in [9.17, 15) is 35.5 Å². The SMILES string of the molecule is CC(=O)NCc1ccccc1CS(=O)(=O)[O-].CC(=O)NCc1ccccc1CS(=O)(=O)[O-].[Ca+2]. The molecule has 0 aliphatic carbocycles. The summed E-state index contributed by atoms with van der Waals surface area (Å²) in [6.07, 6.45) is 0. The van der Waals surface area contributed by atoms with Crippen LogP contribution in [0.3, 0.4) is 0 Å². The minimum absolute atomic E-state index is 0. The van der Waals surface area contributed by atoms with Crippen molar-refractivity contribution in [1.29, 1.82) is 0 Å². The number of hydrogen-bond acceptors (Lipinski definition) is 8. The fraction of sp³-hybridized carbons (Fsp3) is 0.300. The topological polar surface area (TPSA) is 173 Å². The van der Waals surface area contributed by atoms with Crippen molar-refractivity contribution in [2.75, 3.05) is 0 Å². The molecule has 13 heteroatoms. The standard InChI is InChI=1S/2C10H13NO4S.Ca/c2*1-8(12)11-6-9-4-2-3-5-10(9)7-16(13,14)15;/h2*2-5H,6-7H2,1H3,(H,11,12)(H,13,14,15);/q;;+2/p-2. The zero-order valence-electron chi connectivity index (χ0n) is 18.2. The average Bonchev–Trinajstić information content (AvgIpc) is 2.64. The van der Waals surface area contributed by atoms with Crippen LogP contribution in [0.1, 0.15) is 36.1 Å². The second-order valence-electron chi connectivity index (χ2n) is 6.76. The Kier molecular flexibility index (Phi) is 14.0. The summed E-state index contributed by atoms with van der Waals surface area (Å²) in [6, 6.07) is 13.2. The molecule has 0 spiro atoms. The molecule has 2 aromatic carbocycles. The third-order valence-electron chi connectivity index (χ3n) is 3.96. The first-order valence-corrected chi connectivity index (χ1v) is 12.4. The van der Waals surface area contributed by atoms with Crippen LogP contribution in [0.4, 0.5) is 0 Å². The fourth-order valence-corrected chi connectivity index (χ4v) is 3.89. The van der Waals surface area contributed by atoms with Crippen molar-refractivity contribution >= 4 is 69.8 Å². The van der Waals surface area contributed by atoms with E-state index < -0.39 is 31.7 Å². The van der Waals surface area contributed by atoms with Crippen LogP contribution in [-0.4, -0.2) is 75.5 Å². The zero-order valence-corrected chi connectivity index (χ0v) is 22.1. The Morgan fingerprint density at radius 2 is 0.939 bits per heavy atom. The predicted molar refractivity (Wildman–Crippen MR) is 120 cm³/mol. The van der Waals surface area contributed by atoms with E-state index in [-0.39, 0.29) is 62.6 Å². The van der Waals surface area contributed by atoms with E-state index in [2.05, 4.69) is 10.6 Å². The number of nitrogens with one attached hydrogen (secondary N) is 2. The minimum Gasteiger partial charge on any atom is -0.748 e. The Labute approximate surface area is 223 Å². The summed E-state index contributed by atoms with van der Waals surface area (Å²) < 4.78 is 63.9. The van der Waals surface area contributed by atoms with Gasteiger partial charge in [-0.3, -0.25) is 9.59 Å². The molecule has 0 saturated heterocycles. The normalized spacial score (nSPS) is 10.8. The molecule has 0 aromatic heterocycles. The summed E-state index contributed by atoms with van der Waals surface area (Å²) in [6.45, 7) is 3.18. The number of carbonyl (C=O) groups excluding carboxylic acids is 2. The number of hydrogen-bond donors (Lipinski definition) is 2. The first-order chi connectivity index (χ1) is 14.8. The fourth-order valence-electron chi connectivity index (χ4n) is 2.56. The van der Waals surface area contributed by atoms with Gasteiger partial charge in [0.25, 0.3) is 0 Å². The van der Waals surface area contributed by atoms with Crippen LogP contribution in [0.2, 0.25) is 0 Å². The van der Waals surface area contributed by atoms with Gasteiger partial charge >= 0.3 is 37.7 Å². The van der Waals surface area contributed by atoms with E-state index in [1.165, 1.54) is 13.8 Å². The molecule has 0 unspecified atom stereocenters. The summed E-state index contributed by atoms with van der Waals surface area (Å²) in [5.74, 6) is -1.52. The summed E-state index contributed by atoms with van der Waals surface area (Å²) >= 11 is 0. The van der Waals surface area contributed by atoms with Gasteiger partial charge in [-0.15, -0.1) is 0 Å². The minimum atomic E-state index is -4.30. The number of benzene rings is 2. The molecule has 0 saturated carbocycles. The van der Waals surface area contributed by atoms with Crippen LogP contribution in [-0.2, 0) is 54.4 Å². The molecular weight excluding hydrogens is 500 g/mol. The smallest absolute Gasteiger partial charge is 0.748 e. The third kappa shape index (κ3) is 15.1. The van der Waals surface area contributed by atoms with Crippen LogP contribution >= 0.6 is 0 Å².